The van der Waals surface area contributed by atoms with Crippen molar-refractivity contribution in [1.29, 1.82) is 0 Å². The zero-order chi connectivity index (χ0) is 11.1. The first-order valence-corrected chi connectivity index (χ1v) is 7.30. The number of nitrogens with one attached hydrogen (secondary N) is 1. The standard InChI is InChI=1S/C8H11ClN2O2S2/c1-5-10-4-8(14-5)15(12,13)11-7-2-6(9)3-7/h4,6-7,11H,2-3H2,1H3. The van der Waals surface area contributed by atoms with Crippen LogP contribution < -0.4 is 4.72 Å². The third-order valence-electron chi connectivity index (χ3n) is 2.27. The van der Waals surface area contributed by atoms with Crippen LogP contribution in [0.5, 0.6) is 0 Å². The first-order valence-electron chi connectivity index (χ1n) is 4.56. The maximum atomic E-state index is 11.8. The van der Waals surface area contributed by atoms with Crippen molar-refractivity contribution < 1.29 is 8.42 Å². The highest BCUT2D eigenvalue weighted by atomic mass is 35.5. The molecule has 1 fully saturated rings. The molecule has 0 radical (unpaired) electrons. The average Bonchev–Trinajstić information content (AvgIpc) is 2.49. The Balaban J connectivity index is 2.07. The number of aromatic nitrogens is 1. The van der Waals surface area contributed by atoms with Gasteiger partial charge >= 0.3 is 0 Å². The summed E-state index contributed by atoms with van der Waals surface area (Å²) in [4.78, 5) is 3.92. The van der Waals surface area contributed by atoms with Gasteiger partial charge in [-0.25, -0.2) is 18.1 Å². The van der Waals surface area contributed by atoms with Crippen molar-refractivity contribution in [2.75, 3.05) is 0 Å². The maximum Gasteiger partial charge on any atom is 0.251 e. The summed E-state index contributed by atoms with van der Waals surface area (Å²) in [5.41, 5.74) is 0. The molecule has 4 nitrogen and oxygen atoms in total. The van der Waals surface area contributed by atoms with Gasteiger partial charge in [0.25, 0.3) is 10.0 Å². The van der Waals surface area contributed by atoms with Gasteiger partial charge in [0.2, 0.25) is 0 Å². The van der Waals surface area contributed by atoms with Crippen LogP contribution in [0.4, 0.5) is 0 Å². The molecule has 1 saturated carbocycles. The van der Waals surface area contributed by atoms with Crippen LogP contribution in [-0.4, -0.2) is 24.8 Å². The van der Waals surface area contributed by atoms with Gasteiger partial charge in [-0.2, -0.15) is 0 Å². The summed E-state index contributed by atoms with van der Waals surface area (Å²) in [5.74, 6) is 0. The van der Waals surface area contributed by atoms with Gasteiger partial charge in [0, 0.05) is 11.4 Å². The largest absolute Gasteiger partial charge is 0.251 e. The van der Waals surface area contributed by atoms with Crippen molar-refractivity contribution in [3.63, 3.8) is 0 Å². The number of aryl methyl sites for hydroxylation is 1. The molecule has 0 bridgehead atoms. The number of sulfonamides is 1. The van der Waals surface area contributed by atoms with Gasteiger partial charge in [0.15, 0.2) is 4.21 Å². The topological polar surface area (TPSA) is 59.1 Å². The zero-order valence-corrected chi connectivity index (χ0v) is 10.5. The van der Waals surface area contributed by atoms with E-state index in [2.05, 4.69) is 9.71 Å². The third kappa shape index (κ3) is 2.50. The molecule has 0 amide bonds. The third-order valence-corrected chi connectivity index (χ3v) is 5.52. The number of nitrogens with zero attached hydrogens (tertiary/aromatic N) is 1. The normalized spacial score (nSPS) is 26.3. The van der Waals surface area contributed by atoms with Crippen molar-refractivity contribution in [1.82, 2.24) is 9.71 Å². The van der Waals surface area contributed by atoms with Gasteiger partial charge in [0.05, 0.1) is 11.2 Å². The average molecular weight is 267 g/mol. The van der Waals surface area contributed by atoms with Crippen LogP contribution in [0.25, 0.3) is 0 Å². The molecule has 0 aromatic carbocycles. The van der Waals surface area contributed by atoms with Gasteiger partial charge in [-0.05, 0) is 19.8 Å². The molecule has 1 heterocycles. The summed E-state index contributed by atoms with van der Waals surface area (Å²) in [7, 11) is -3.38. The van der Waals surface area contributed by atoms with E-state index in [1.165, 1.54) is 17.5 Å². The van der Waals surface area contributed by atoms with E-state index in [1.54, 1.807) is 6.92 Å². The fourth-order valence-corrected chi connectivity index (χ4v) is 4.20. The first kappa shape index (κ1) is 11.3. The summed E-state index contributed by atoms with van der Waals surface area (Å²) in [6.45, 7) is 1.78. The van der Waals surface area contributed by atoms with E-state index in [0.29, 0.717) is 12.8 Å². The van der Waals surface area contributed by atoms with Crippen molar-refractivity contribution >= 4 is 33.0 Å². The summed E-state index contributed by atoms with van der Waals surface area (Å²) in [5, 5.41) is 0.861. The second-order valence-electron chi connectivity index (χ2n) is 3.59. The molecule has 0 atom stereocenters. The van der Waals surface area contributed by atoms with Gasteiger partial charge in [-0.3, -0.25) is 0 Å². The molecule has 15 heavy (non-hydrogen) atoms. The molecule has 0 unspecified atom stereocenters. The molecule has 2 rings (SSSR count). The van der Waals surface area contributed by atoms with Crippen LogP contribution in [0, 0.1) is 6.92 Å². The summed E-state index contributed by atoms with van der Waals surface area (Å²) >= 11 is 6.96. The van der Waals surface area contributed by atoms with E-state index in [9.17, 15) is 8.42 Å². The number of alkyl halides is 1. The Hall–Kier alpha value is -0.170. The lowest BCUT2D eigenvalue weighted by molar-refractivity contribution is 0.391. The van der Waals surface area contributed by atoms with Gasteiger partial charge < -0.3 is 0 Å². The van der Waals surface area contributed by atoms with Crippen molar-refractivity contribution in [2.24, 2.45) is 0 Å². The van der Waals surface area contributed by atoms with Crippen molar-refractivity contribution in [2.45, 2.75) is 35.4 Å². The Morgan fingerprint density at radius 1 is 1.60 bits per heavy atom. The predicted molar refractivity (Wildman–Crippen MR) is 59.8 cm³/mol. The number of hydrogen-bond acceptors (Lipinski definition) is 4. The summed E-state index contributed by atoms with van der Waals surface area (Å²) < 4.78 is 26.4. The quantitative estimate of drug-likeness (QED) is 0.844. The van der Waals surface area contributed by atoms with E-state index in [4.69, 9.17) is 11.6 Å². The summed E-state index contributed by atoms with van der Waals surface area (Å²) in [6, 6.07) is -0.0140. The molecule has 0 aliphatic heterocycles. The van der Waals surface area contributed by atoms with Crippen molar-refractivity contribution in [3.05, 3.63) is 11.2 Å². The molecule has 7 heteroatoms. The maximum absolute atomic E-state index is 11.8. The molecule has 1 aliphatic carbocycles. The monoisotopic (exact) mass is 266 g/mol. The lowest BCUT2D eigenvalue weighted by atomic mass is 9.94. The SMILES string of the molecule is Cc1ncc(S(=O)(=O)NC2CC(Cl)C2)s1. The van der Waals surface area contributed by atoms with E-state index in [0.717, 1.165) is 5.01 Å². The fraction of sp³-hybridized carbons (Fsp3) is 0.625. The molecule has 0 saturated heterocycles. The number of halogens is 1. The van der Waals surface area contributed by atoms with E-state index in [-0.39, 0.29) is 15.6 Å². The Kier molecular flexibility index (Phi) is 3.03. The van der Waals surface area contributed by atoms with Crippen LogP contribution in [0.15, 0.2) is 10.4 Å². The molecule has 1 aromatic heterocycles. The minimum absolute atomic E-state index is 0.0140. The first-order chi connectivity index (χ1) is 6.97. The van der Waals surface area contributed by atoms with E-state index < -0.39 is 10.0 Å². The minimum Gasteiger partial charge on any atom is -0.249 e. The van der Waals surface area contributed by atoms with Gasteiger partial charge in [-0.15, -0.1) is 22.9 Å². The molecule has 1 aliphatic rings. The second kappa shape index (κ2) is 4.01. The van der Waals surface area contributed by atoms with E-state index >= 15 is 0 Å². The zero-order valence-electron chi connectivity index (χ0n) is 8.10. The van der Waals surface area contributed by atoms with Crippen LogP contribution in [0.1, 0.15) is 17.8 Å². The highest BCUT2D eigenvalue weighted by molar-refractivity contribution is 7.91. The van der Waals surface area contributed by atoms with Gasteiger partial charge in [0.1, 0.15) is 0 Å². The molecule has 1 aromatic rings. The van der Waals surface area contributed by atoms with Crippen molar-refractivity contribution in [3.8, 4) is 0 Å². The number of hydrogen-bond donors (Lipinski definition) is 1. The van der Waals surface area contributed by atoms with Gasteiger partial charge in [-0.1, -0.05) is 0 Å². The van der Waals surface area contributed by atoms with Crippen LogP contribution in [-0.2, 0) is 10.0 Å². The lowest BCUT2D eigenvalue weighted by Crippen LogP contribution is -2.44. The highest BCUT2D eigenvalue weighted by Crippen LogP contribution is 2.27. The minimum atomic E-state index is -3.38. The highest BCUT2D eigenvalue weighted by Gasteiger charge is 2.31. The number of rotatable bonds is 3. The Labute approximate surface area is 97.7 Å². The number of thiazole rings is 1. The summed E-state index contributed by atoms with van der Waals surface area (Å²) in [6.07, 6.45) is 2.80. The van der Waals surface area contributed by atoms with E-state index in [1.807, 2.05) is 0 Å². The molecule has 84 valence electrons. The van der Waals surface area contributed by atoms with Crippen LogP contribution in [0.2, 0.25) is 0 Å². The lowest BCUT2D eigenvalue weighted by Gasteiger charge is -2.30. The predicted octanol–water partition coefficient (Wildman–Crippen LogP) is 1.50. The molecular formula is C8H11ClN2O2S2. The fourth-order valence-electron chi connectivity index (χ4n) is 1.39. The molecule has 1 N–H and O–H groups in total. The smallest absolute Gasteiger partial charge is 0.249 e. The Morgan fingerprint density at radius 3 is 2.73 bits per heavy atom. The van der Waals surface area contributed by atoms with Crippen LogP contribution >= 0.6 is 22.9 Å². The Morgan fingerprint density at radius 2 is 2.27 bits per heavy atom. The molecule has 0 spiro atoms. The Bertz CT molecular complexity index is 451. The molecular weight excluding hydrogens is 256 g/mol. The second-order valence-corrected chi connectivity index (χ2v) is 7.38. The van der Waals surface area contributed by atoms with Crippen LogP contribution in [0.3, 0.4) is 0 Å².